The lowest BCUT2D eigenvalue weighted by molar-refractivity contribution is -0.121. The summed E-state index contributed by atoms with van der Waals surface area (Å²) in [6.07, 6.45) is 2.85. The molecular formula is C16H25ClN2OS. The highest BCUT2D eigenvalue weighted by atomic mass is 35.5. The predicted molar refractivity (Wildman–Crippen MR) is 92.5 cm³/mol. The summed E-state index contributed by atoms with van der Waals surface area (Å²) < 4.78 is 0. The fourth-order valence-electron chi connectivity index (χ4n) is 2.34. The average Bonchev–Trinajstić information content (AvgIpc) is 2.44. The van der Waals surface area contributed by atoms with Crippen molar-refractivity contribution in [2.45, 2.75) is 44.0 Å². The number of amides is 1. The maximum Gasteiger partial charge on any atom is 0.221 e. The Hall–Kier alpha value is -0.710. The molecule has 2 rings (SSSR count). The van der Waals surface area contributed by atoms with Crippen LogP contribution in [0.25, 0.3) is 0 Å². The zero-order valence-corrected chi connectivity index (χ0v) is 14.4. The van der Waals surface area contributed by atoms with Crippen molar-refractivity contribution >= 4 is 30.1 Å². The first-order valence-corrected chi connectivity index (χ1v) is 8.34. The molecule has 0 aromatic heterocycles. The highest BCUT2D eigenvalue weighted by Gasteiger charge is 2.14. The van der Waals surface area contributed by atoms with Crippen molar-refractivity contribution in [2.24, 2.45) is 0 Å². The Bertz CT molecular complexity index is 462. The maximum absolute atomic E-state index is 11.9. The van der Waals surface area contributed by atoms with Crippen LogP contribution < -0.4 is 10.6 Å². The molecule has 1 aromatic carbocycles. The van der Waals surface area contributed by atoms with E-state index in [1.165, 1.54) is 16.0 Å². The molecule has 0 spiro atoms. The number of thioether (sulfide) groups is 1. The van der Waals surface area contributed by atoms with Crippen molar-refractivity contribution in [3.63, 3.8) is 0 Å². The monoisotopic (exact) mass is 328 g/mol. The molecule has 21 heavy (non-hydrogen) atoms. The SMILES string of the molecule is Cc1ccc(SCCC(=O)NC2CCCNC2)cc1C.Cl. The van der Waals surface area contributed by atoms with Gasteiger partial charge in [0.2, 0.25) is 5.91 Å². The van der Waals surface area contributed by atoms with Gasteiger partial charge in [-0.25, -0.2) is 0 Å². The molecule has 1 aliphatic rings. The molecule has 1 heterocycles. The van der Waals surface area contributed by atoms with Gasteiger partial charge in [-0.05, 0) is 56.5 Å². The first-order chi connectivity index (χ1) is 9.65. The molecule has 0 radical (unpaired) electrons. The number of piperidine rings is 1. The molecule has 0 bridgehead atoms. The highest BCUT2D eigenvalue weighted by molar-refractivity contribution is 7.99. The summed E-state index contributed by atoms with van der Waals surface area (Å²) in [4.78, 5) is 13.1. The first kappa shape index (κ1) is 18.3. The number of carbonyl (C=O) groups is 1. The van der Waals surface area contributed by atoms with E-state index in [-0.39, 0.29) is 18.3 Å². The van der Waals surface area contributed by atoms with Gasteiger partial charge in [-0.2, -0.15) is 0 Å². The lowest BCUT2D eigenvalue weighted by atomic mass is 10.1. The molecule has 1 amide bonds. The molecule has 1 aromatic rings. The number of rotatable bonds is 5. The van der Waals surface area contributed by atoms with E-state index in [0.717, 1.165) is 31.7 Å². The summed E-state index contributed by atoms with van der Waals surface area (Å²) in [6.45, 7) is 6.24. The average molecular weight is 329 g/mol. The van der Waals surface area contributed by atoms with Crippen LogP contribution in [0.5, 0.6) is 0 Å². The zero-order valence-electron chi connectivity index (χ0n) is 12.8. The van der Waals surface area contributed by atoms with E-state index in [9.17, 15) is 4.79 Å². The Kier molecular flexibility index (Phi) is 8.15. The van der Waals surface area contributed by atoms with E-state index in [2.05, 4.69) is 42.7 Å². The summed E-state index contributed by atoms with van der Waals surface area (Å²) in [5.41, 5.74) is 2.63. The van der Waals surface area contributed by atoms with Crippen molar-refractivity contribution in [2.75, 3.05) is 18.8 Å². The first-order valence-electron chi connectivity index (χ1n) is 7.35. The fourth-order valence-corrected chi connectivity index (χ4v) is 3.29. The van der Waals surface area contributed by atoms with Gasteiger partial charge in [-0.1, -0.05) is 6.07 Å². The van der Waals surface area contributed by atoms with Crippen LogP contribution in [0.15, 0.2) is 23.1 Å². The molecule has 1 atom stereocenters. The second-order valence-corrected chi connectivity index (χ2v) is 6.62. The molecule has 1 aliphatic heterocycles. The van der Waals surface area contributed by atoms with E-state index in [1.807, 2.05) is 0 Å². The molecule has 3 nitrogen and oxygen atoms in total. The Labute approximate surface area is 138 Å². The minimum Gasteiger partial charge on any atom is -0.352 e. The van der Waals surface area contributed by atoms with Crippen LogP contribution in [-0.4, -0.2) is 30.8 Å². The number of benzene rings is 1. The Morgan fingerprint density at radius 1 is 1.38 bits per heavy atom. The minimum absolute atomic E-state index is 0. The number of halogens is 1. The van der Waals surface area contributed by atoms with Crippen LogP contribution in [0, 0.1) is 13.8 Å². The fraction of sp³-hybridized carbons (Fsp3) is 0.562. The highest BCUT2D eigenvalue weighted by Crippen LogP contribution is 2.21. The Morgan fingerprint density at radius 3 is 2.86 bits per heavy atom. The number of carbonyl (C=O) groups excluding carboxylic acids is 1. The molecular weight excluding hydrogens is 304 g/mol. The van der Waals surface area contributed by atoms with Gasteiger partial charge < -0.3 is 10.6 Å². The summed E-state index contributed by atoms with van der Waals surface area (Å²) >= 11 is 1.76. The van der Waals surface area contributed by atoms with Gasteiger partial charge in [0.15, 0.2) is 0 Å². The van der Waals surface area contributed by atoms with Crippen molar-refractivity contribution < 1.29 is 4.79 Å². The molecule has 1 unspecified atom stereocenters. The zero-order chi connectivity index (χ0) is 14.4. The minimum atomic E-state index is 0. The molecule has 0 saturated carbocycles. The lowest BCUT2D eigenvalue weighted by Gasteiger charge is -2.23. The third-order valence-electron chi connectivity index (χ3n) is 3.74. The number of hydrogen-bond acceptors (Lipinski definition) is 3. The van der Waals surface area contributed by atoms with Crippen LogP contribution in [0.1, 0.15) is 30.4 Å². The molecule has 2 N–H and O–H groups in total. The second kappa shape index (κ2) is 9.34. The molecule has 0 aliphatic carbocycles. The van der Waals surface area contributed by atoms with Crippen LogP contribution in [0.2, 0.25) is 0 Å². The van der Waals surface area contributed by atoms with Crippen LogP contribution >= 0.6 is 24.2 Å². The largest absolute Gasteiger partial charge is 0.352 e. The van der Waals surface area contributed by atoms with Crippen molar-refractivity contribution in [3.05, 3.63) is 29.3 Å². The topological polar surface area (TPSA) is 41.1 Å². The van der Waals surface area contributed by atoms with E-state index in [1.54, 1.807) is 11.8 Å². The summed E-state index contributed by atoms with van der Waals surface area (Å²) in [7, 11) is 0. The van der Waals surface area contributed by atoms with Crippen molar-refractivity contribution in [1.29, 1.82) is 0 Å². The van der Waals surface area contributed by atoms with E-state index >= 15 is 0 Å². The normalized spacial score (nSPS) is 17.9. The van der Waals surface area contributed by atoms with Gasteiger partial charge in [0.05, 0.1) is 0 Å². The molecule has 5 heteroatoms. The Morgan fingerprint density at radius 2 is 2.19 bits per heavy atom. The smallest absolute Gasteiger partial charge is 0.221 e. The second-order valence-electron chi connectivity index (χ2n) is 5.46. The number of nitrogens with one attached hydrogen (secondary N) is 2. The molecule has 118 valence electrons. The van der Waals surface area contributed by atoms with Gasteiger partial charge in [0.25, 0.3) is 0 Å². The summed E-state index contributed by atoms with van der Waals surface area (Å²) in [5, 5.41) is 6.42. The third-order valence-corrected chi connectivity index (χ3v) is 4.73. The van der Waals surface area contributed by atoms with Gasteiger partial charge >= 0.3 is 0 Å². The molecule has 1 saturated heterocycles. The van der Waals surface area contributed by atoms with Gasteiger partial charge in [0, 0.05) is 29.7 Å². The van der Waals surface area contributed by atoms with Crippen molar-refractivity contribution in [1.82, 2.24) is 10.6 Å². The van der Waals surface area contributed by atoms with Gasteiger partial charge in [-0.15, -0.1) is 24.2 Å². The van der Waals surface area contributed by atoms with Crippen LogP contribution in [0.3, 0.4) is 0 Å². The van der Waals surface area contributed by atoms with Crippen LogP contribution in [0.4, 0.5) is 0 Å². The summed E-state index contributed by atoms with van der Waals surface area (Å²) in [5.74, 6) is 1.02. The summed E-state index contributed by atoms with van der Waals surface area (Å²) in [6, 6.07) is 6.80. The van der Waals surface area contributed by atoms with E-state index in [4.69, 9.17) is 0 Å². The third kappa shape index (κ3) is 6.29. The predicted octanol–water partition coefficient (Wildman–Crippen LogP) is 3.08. The van der Waals surface area contributed by atoms with E-state index < -0.39 is 0 Å². The van der Waals surface area contributed by atoms with E-state index in [0.29, 0.717) is 12.5 Å². The molecule has 1 fully saturated rings. The van der Waals surface area contributed by atoms with Crippen LogP contribution in [-0.2, 0) is 4.79 Å². The Balaban J connectivity index is 0.00000220. The number of aryl methyl sites for hydroxylation is 2. The van der Waals surface area contributed by atoms with Gasteiger partial charge in [-0.3, -0.25) is 4.79 Å². The maximum atomic E-state index is 11.9. The quantitative estimate of drug-likeness (QED) is 0.816. The lowest BCUT2D eigenvalue weighted by Crippen LogP contribution is -2.45. The standard InChI is InChI=1S/C16H24N2OS.ClH/c1-12-5-6-15(10-13(12)2)20-9-7-16(19)18-14-4-3-8-17-11-14;/h5-6,10,14,17H,3-4,7-9,11H2,1-2H3,(H,18,19);1H. The van der Waals surface area contributed by atoms with Gasteiger partial charge in [0.1, 0.15) is 0 Å². The van der Waals surface area contributed by atoms with Crippen molar-refractivity contribution in [3.8, 4) is 0 Å². The number of hydrogen-bond donors (Lipinski definition) is 2.